The zero-order chi connectivity index (χ0) is 12.4. The first kappa shape index (κ1) is 11.8. The topological polar surface area (TPSA) is 37.8 Å². The van der Waals surface area contributed by atoms with Crippen LogP contribution in [0.25, 0.3) is 10.1 Å². The van der Waals surface area contributed by atoms with Crippen molar-refractivity contribution in [2.24, 2.45) is 0 Å². The molecule has 92 valence electrons. The van der Waals surface area contributed by atoms with Crippen molar-refractivity contribution in [3.63, 3.8) is 0 Å². The van der Waals surface area contributed by atoms with E-state index in [0.29, 0.717) is 0 Å². The first-order valence-electron chi connectivity index (χ1n) is 5.86. The van der Waals surface area contributed by atoms with E-state index in [1.807, 2.05) is 5.38 Å². The number of hydrogen-bond donors (Lipinski definition) is 1. The molecule has 1 atom stereocenters. The van der Waals surface area contributed by atoms with Gasteiger partial charge in [0.15, 0.2) is 0 Å². The predicted molar refractivity (Wildman–Crippen MR) is 77.3 cm³/mol. The summed E-state index contributed by atoms with van der Waals surface area (Å²) in [4.78, 5) is 0. The fourth-order valence-electron chi connectivity index (χ4n) is 2.12. The minimum Gasteiger partial charge on any atom is -0.305 e. The highest BCUT2D eigenvalue weighted by molar-refractivity contribution is 7.17. The Morgan fingerprint density at radius 2 is 2.28 bits per heavy atom. The van der Waals surface area contributed by atoms with E-state index in [1.54, 1.807) is 11.3 Å². The van der Waals surface area contributed by atoms with Crippen molar-refractivity contribution in [1.82, 2.24) is 14.9 Å². The summed E-state index contributed by atoms with van der Waals surface area (Å²) in [5.41, 5.74) is 2.29. The van der Waals surface area contributed by atoms with Gasteiger partial charge < -0.3 is 5.32 Å². The van der Waals surface area contributed by atoms with Crippen molar-refractivity contribution in [3.05, 3.63) is 46.3 Å². The summed E-state index contributed by atoms with van der Waals surface area (Å²) in [5.74, 6) is 0. The summed E-state index contributed by atoms with van der Waals surface area (Å²) in [6.45, 7) is 3.02. The molecule has 5 heteroatoms. The van der Waals surface area contributed by atoms with Crippen LogP contribution in [0, 0.1) is 0 Å². The van der Waals surface area contributed by atoms with Gasteiger partial charge in [-0.3, -0.25) is 0 Å². The van der Waals surface area contributed by atoms with Crippen LogP contribution in [0.3, 0.4) is 0 Å². The largest absolute Gasteiger partial charge is 0.305 e. The van der Waals surface area contributed by atoms with Crippen LogP contribution in [-0.4, -0.2) is 16.1 Å². The van der Waals surface area contributed by atoms with Crippen LogP contribution in [0.1, 0.15) is 24.2 Å². The Bertz CT molecular complexity index is 631. The van der Waals surface area contributed by atoms with Gasteiger partial charge in [0.25, 0.3) is 0 Å². The normalized spacial score (nSPS) is 12.9. The lowest BCUT2D eigenvalue weighted by Crippen LogP contribution is -2.22. The SMILES string of the molecule is CCNC(c1csnn1)c1cccc2ccsc12. The van der Waals surface area contributed by atoms with Crippen LogP contribution in [0.2, 0.25) is 0 Å². The van der Waals surface area contributed by atoms with Crippen molar-refractivity contribution < 1.29 is 0 Å². The Balaban J connectivity index is 2.12. The monoisotopic (exact) mass is 275 g/mol. The summed E-state index contributed by atoms with van der Waals surface area (Å²) in [7, 11) is 0. The molecule has 3 rings (SSSR count). The first-order valence-corrected chi connectivity index (χ1v) is 7.58. The summed E-state index contributed by atoms with van der Waals surface area (Å²) >= 11 is 3.18. The van der Waals surface area contributed by atoms with Crippen molar-refractivity contribution in [2.75, 3.05) is 6.54 Å². The van der Waals surface area contributed by atoms with Crippen molar-refractivity contribution in [1.29, 1.82) is 0 Å². The Morgan fingerprint density at radius 3 is 3.06 bits per heavy atom. The lowest BCUT2D eigenvalue weighted by atomic mass is 10.0. The predicted octanol–water partition coefficient (Wildman–Crippen LogP) is 3.45. The van der Waals surface area contributed by atoms with Crippen molar-refractivity contribution in [2.45, 2.75) is 13.0 Å². The van der Waals surface area contributed by atoms with Crippen molar-refractivity contribution >= 4 is 33.0 Å². The number of benzene rings is 1. The molecule has 2 aromatic heterocycles. The Labute approximate surface area is 114 Å². The Kier molecular flexibility index (Phi) is 3.36. The van der Waals surface area contributed by atoms with Gasteiger partial charge in [0.2, 0.25) is 0 Å². The van der Waals surface area contributed by atoms with Crippen LogP contribution >= 0.6 is 22.9 Å². The molecule has 0 saturated carbocycles. The minimum atomic E-state index is 0.135. The summed E-state index contributed by atoms with van der Waals surface area (Å²) < 4.78 is 5.30. The second-order valence-electron chi connectivity index (χ2n) is 4.01. The molecule has 0 spiro atoms. The van der Waals surface area contributed by atoms with Gasteiger partial charge in [0.05, 0.1) is 11.7 Å². The van der Waals surface area contributed by atoms with E-state index in [9.17, 15) is 0 Å². The standard InChI is InChI=1S/C13H13N3S2/c1-2-14-12(11-8-18-16-15-11)10-5-3-4-9-6-7-17-13(9)10/h3-8,12,14H,2H2,1H3. The van der Waals surface area contributed by atoms with E-state index in [-0.39, 0.29) is 6.04 Å². The zero-order valence-corrected chi connectivity index (χ0v) is 11.6. The van der Waals surface area contributed by atoms with E-state index in [4.69, 9.17) is 0 Å². The molecule has 1 N–H and O–H groups in total. The van der Waals surface area contributed by atoms with Crippen LogP contribution < -0.4 is 5.32 Å². The summed E-state index contributed by atoms with van der Waals surface area (Å²) in [6, 6.07) is 8.72. The molecule has 0 radical (unpaired) electrons. The molecule has 0 amide bonds. The van der Waals surface area contributed by atoms with Gasteiger partial charge in [-0.25, -0.2) is 0 Å². The number of fused-ring (bicyclic) bond motifs is 1. The quantitative estimate of drug-likeness (QED) is 0.792. The maximum absolute atomic E-state index is 4.21. The second kappa shape index (κ2) is 5.14. The van der Waals surface area contributed by atoms with Crippen molar-refractivity contribution in [3.8, 4) is 0 Å². The molecule has 0 fully saturated rings. The van der Waals surface area contributed by atoms with E-state index in [1.165, 1.54) is 27.2 Å². The fraction of sp³-hybridized carbons (Fsp3) is 0.231. The molecule has 0 aliphatic heterocycles. The smallest absolute Gasteiger partial charge is 0.0970 e. The van der Waals surface area contributed by atoms with Crippen LogP contribution in [-0.2, 0) is 0 Å². The highest BCUT2D eigenvalue weighted by Crippen LogP contribution is 2.31. The average molecular weight is 275 g/mol. The second-order valence-corrected chi connectivity index (χ2v) is 5.53. The molecule has 1 unspecified atom stereocenters. The molecule has 3 nitrogen and oxygen atoms in total. The van der Waals surface area contributed by atoms with Gasteiger partial charge >= 0.3 is 0 Å². The van der Waals surface area contributed by atoms with Crippen LogP contribution in [0.15, 0.2) is 35.0 Å². The maximum Gasteiger partial charge on any atom is 0.0970 e. The third kappa shape index (κ3) is 2.05. The van der Waals surface area contributed by atoms with Gasteiger partial charge in [0, 0.05) is 10.1 Å². The number of aromatic nitrogens is 2. The number of hydrogen-bond acceptors (Lipinski definition) is 5. The fourth-order valence-corrected chi connectivity index (χ4v) is 3.54. The summed E-state index contributed by atoms with van der Waals surface area (Å²) in [6.07, 6.45) is 0. The van der Waals surface area contributed by atoms with Gasteiger partial charge in [-0.2, -0.15) is 0 Å². The minimum absolute atomic E-state index is 0.135. The third-order valence-corrected chi connectivity index (χ3v) is 4.40. The molecular formula is C13H13N3S2. The van der Waals surface area contributed by atoms with E-state index in [0.717, 1.165) is 12.2 Å². The third-order valence-electron chi connectivity index (χ3n) is 2.90. The number of nitrogens with one attached hydrogen (secondary N) is 1. The zero-order valence-electron chi connectivity index (χ0n) is 9.96. The summed E-state index contributed by atoms with van der Waals surface area (Å²) in [5, 5.41) is 13.2. The van der Waals surface area contributed by atoms with Crippen LogP contribution in [0.4, 0.5) is 0 Å². The van der Waals surface area contributed by atoms with Gasteiger partial charge in [-0.1, -0.05) is 29.6 Å². The van der Waals surface area contributed by atoms with Gasteiger partial charge in [-0.05, 0) is 40.5 Å². The Morgan fingerprint density at radius 1 is 1.33 bits per heavy atom. The molecule has 0 aliphatic carbocycles. The lowest BCUT2D eigenvalue weighted by molar-refractivity contribution is 0.618. The average Bonchev–Trinajstić information content (AvgIpc) is 3.06. The molecule has 3 aromatic rings. The van der Waals surface area contributed by atoms with Crippen LogP contribution in [0.5, 0.6) is 0 Å². The molecule has 2 heterocycles. The van der Waals surface area contributed by atoms with E-state index in [2.05, 4.69) is 51.5 Å². The molecule has 18 heavy (non-hydrogen) atoms. The molecule has 1 aromatic carbocycles. The van der Waals surface area contributed by atoms with Gasteiger partial charge in [-0.15, -0.1) is 16.4 Å². The maximum atomic E-state index is 4.21. The first-order chi connectivity index (χ1) is 8.90. The van der Waals surface area contributed by atoms with E-state index >= 15 is 0 Å². The highest BCUT2D eigenvalue weighted by Gasteiger charge is 2.18. The lowest BCUT2D eigenvalue weighted by Gasteiger charge is -2.16. The highest BCUT2D eigenvalue weighted by atomic mass is 32.1. The number of rotatable bonds is 4. The Hall–Kier alpha value is -1.30. The molecule has 0 saturated heterocycles. The number of nitrogens with zero attached hydrogens (tertiary/aromatic N) is 2. The van der Waals surface area contributed by atoms with Gasteiger partial charge in [0.1, 0.15) is 0 Å². The molecule has 0 bridgehead atoms. The van der Waals surface area contributed by atoms with E-state index < -0.39 is 0 Å². The number of thiophene rings is 1. The molecular weight excluding hydrogens is 262 g/mol. The molecule has 0 aliphatic rings.